The van der Waals surface area contributed by atoms with Crippen LogP contribution in [0.5, 0.6) is 0 Å². The average molecular weight is 282 g/mol. The Bertz CT molecular complexity index is 561. The predicted molar refractivity (Wildman–Crippen MR) is 73.5 cm³/mol. The molecule has 0 bridgehead atoms. The van der Waals surface area contributed by atoms with Crippen molar-refractivity contribution in [3.63, 3.8) is 0 Å². The molecule has 2 aromatic rings. The Balaban J connectivity index is 2.32. The number of halogens is 2. The Labute approximate surface area is 115 Å². The molecule has 0 aliphatic heterocycles. The summed E-state index contributed by atoms with van der Waals surface area (Å²) in [5.74, 6) is 0.508. The van der Waals surface area contributed by atoms with Gasteiger partial charge in [-0.25, -0.2) is 4.39 Å². The Morgan fingerprint density at radius 2 is 1.89 bits per heavy atom. The summed E-state index contributed by atoms with van der Waals surface area (Å²) in [6.07, 6.45) is 0. The number of nitrogens with one attached hydrogen (secondary N) is 1. The van der Waals surface area contributed by atoms with E-state index in [0.717, 1.165) is 5.69 Å². The van der Waals surface area contributed by atoms with Gasteiger partial charge in [-0.3, -0.25) is 0 Å². The molecule has 1 heterocycles. The molecular formula is C12H13ClFN5. The average Bonchev–Trinajstić information content (AvgIpc) is 2.38. The molecule has 1 N–H and O–H groups in total. The van der Waals surface area contributed by atoms with Gasteiger partial charge in [-0.1, -0.05) is 0 Å². The zero-order chi connectivity index (χ0) is 13.8. The van der Waals surface area contributed by atoms with Gasteiger partial charge in [-0.05, 0) is 42.8 Å². The molecular weight excluding hydrogens is 269 g/mol. The molecule has 0 saturated heterocycles. The normalized spacial score (nSPS) is 10.3. The number of hydrogen-bond acceptors (Lipinski definition) is 5. The van der Waals surface area contributed by atoms with Crippen LogP contribution in [0.25, 0.3) is 0 Å². The number of hydrogen-bond donors (Lipinski definition) is 1. The van der Waals surface area contributed by atoms with E-state index < -0.39 is 0 Å². The SMILES string of the molecule is CCNc1nc(Cl)nc(N(C)c2ccc(F)cc2)n1. The molecule has 0 spiro atoms. The number of anilines is 3. The molecule has 0 fully saturated rings. The van der Waals surface area contributed by atoms with Gasteiger partial charge >= 0.3 is 0 Å². The molecule has 0 radical (unpaired) electrons. The maximum Gasteiger partial charge on any atom is 0.235 e. The fraction of sp³-hybridized carbons (Fsp3) is 0.250. The van der Waals surface area contributed by atoms with Crippen molar-refractivity contribution in [2.45, 2.75) is 6.92 Å². The second-order valence-corrected chi connectivity index (χ2v) is 4.13. The molecule has 0 atom stereocenters. The molecule has 7 heteroatoms. The minimum Gasteiger partial charge on any atom is -0.354 e. The van der Waals surface area contributed by atoms with E-state index in [0.29, 0.717) is 18.4 Å². The Morgan fingerprint density at radius 1 is 1.21 bits per heavy atom. The highest BCUT2D eigenvalue weighted by Crippen LogP contribution is 2.22. The minimum absolute atomic E-state index is 0.106. The van der Waals surface area contributed by atoms with Crippen LogP contribution in [0, 0.1) is 5.82 Å². The minimum atomic E-state index is -0.292. The highest BCUT2D eigenvalue weighted by Gasteiger charge is 2.10. The molecule has 19 heavy (non-hydrogen) atoms. The zero-order valence-corrected chi connectivity index (χ0v) is 11.3. The third-order valence-corrected chi connectivity index (χ3v) is 2.61. The fourth-order valence-electron chi connectivity index (χ4n) is 1.51. The molecule has 0 unspecified atom stereocenters. The molecule has 0 saturated carbocycles. The van der Waals surface area contributed by atoms with E-state index in [1.54, 1.807) is 24.1 Å². The van der Waals surface area contributed by atoms with Crippen LogP contribution >= 0.6 is 11.6 Å². The van der Waals surface area contributed by atoms with Crippen molar-refractivity contribution in [2.75, 3.05) is 23.8 Å². The van der Waals surface area contributed by atoms with Gasteiger partial charge in [0.25, 0.3) is 0 Å². The fourth-order valence-corrected chi connectivity index (χ4v) is 1.66. The van der Waals surface area contributed by atoms with Crippen molar-refractivity contribution in [2.24, 2.45) is 0 Å². The van der Waals surface area contributed by atoms with Crippen molar-refractivity contribution in [1.82, 2.24) is 15.0 Å². The summed E-state index contributed by atoms with van der Waals surface area (Å²) in [5, 5.41) is 3.08. The Kier molecular flexibility index (Phi) is 4.11. The summed E-state index contributed by atoms with van der Waals surface area (Å²) in [5.41, 5.74) is 0.756. The van der Waals surface area contributed by atoms with E-state index >= 15 is 0 Å². The lowest BCUT2D eigenvalue weighted by Gasteiger charge is -2.17. The summed E-state index contributed by atoms with van der Waals surface area (Å²) in [6.45, 7) is 2.61. The predicted octanol–water partition coefficient (Wildman–Crippen LogP) is 2.86. The number of benzene rings is 1. The van der Waals surface area contributed by atoms with Crippen LogP contribution in [-0.4, -0.2) is 28.5 Å². The summed E-state index contributed by atoms with van der Waals surface area (Å²) < 4.78 is 12.9. The number of aromatic nitrogens is 3. The maximum absolute atomic E-state index is 12.9. The van der Waals surface area contributed by atoms with Crippen LogP contribution in [0.15, 0.2) is 24.3 Å². The lowest BCUT2D eigenvalue weighted by atomic mass is 10.3. The van der Waals surface area contributed by atoms with Crippen LogP contribution in [-0.2, 0) is 0 Å². The van der Waals surface area contributed by atoms with Crippen molar-refractivity contribution in [1.29, 1.82) is 0 Å². The van der Waals surface area contributed by atoms with Crippen molar-refractivity contribution in [3.8, 4) is 0 Å². The van der Waals surface area contributed by atoms with Crippen molar-refractivity contribution >= 4 is 29.2 Å². The first kappa shape index (κ1) is 13.5. The van der Waals surface area contributed by atoms with E-state index in [9.17, 15) is 4.39 Å². The molecule has 0 aliphatic rings. The van der Waals surface area contributed by atoms with E-state index in [4.69, 9.17) is 11.6 Å². The Hall–Kier alpha value is -1.95. The quantitative estimate of drug-likeness (QED) is 0.934. The summed E-state index contributed by atoms with van der Waals surface area (Å²) >= 11 is 5.85. The van der Waals surface area contributed by atoms with Gasteiger partial charge < -0.3 is 10.2 Å². The second kappa shape index (κ2) is 5.79. The van der Waals surface area contributed by atoms with Crippen LogP contribution < -0.4 is 10.2 Å². The van der Waals surface area contributed by atoms with E-state index in [2.05, 4.69) is 20.3 Å². The van der Waals surface area contributed by atoms with Gasteiger partial charge in [-0.2, -0.15) is 15.0 Å². The summed E-state index contributed by atoms with van der Waals surface area (Å²) in [7, 11) is 1.77. The van der Waals surface area contributed by atoms with E-state index in [1.807, 2.05) is 6.92 Å². The number of nitrogens with zero attached hydrogens (tertiary/aromatic N) is 4. The highest BCUT2D eigenvalue weighted by atomic mass is 35.5. The van der Waals surface area contributed by atoms with Crippen LogP contribution in [0.1, 0.15) is 6.92 Å². The van der Waals surface area contributed by atoms with Crippen LogP contribution in [0.2, 0.25) is 5.28 Å². The molecule has 5 nitrogen and oxygen atoms in total. The highest BCUT2D eigenvalue weighted by molar-refractivity contribution is 6.28. The lowest BCUT2D eigenvalue weighted by Crippen LogP contribution is -2.15. The lowest BCUT2D eigenvalue weighted by molar-refractivity contribution is 0.628. The van der Waals surface area contributed by atoms with Crippen LogP contribution in [0.4, 0.5) is 22.0 Å². The molecule has 1 aromatic carbocycles. The van der Waals surface area contributed by atoms with Crippen molar-refractivity contribution in [3.05, 3.63) is 35.4 Å². The molecule has 0 amide bonds. The third-order valence-electron chi connectivity index (χ3n) is 2.45. The third kappa shape index (κ3) is 3.29. The second-order valence-electron chi connectivity index (χ2n) is 3.79. The van der Waals surface area contributed by atoms with Gasteiger partial charge in [0.1, 0.15) is 5.82 Å². The van der Waals surface area contributed by atoms with Gasteiger partial charge in [0.2, 0.25) is 17.2 Å². The summed E-state index contributed by atoms with van der Waals surface area (Å²) in [4.78, 5) is 13.9. The molecule has 0 aliphatic carbocycles. The van der Waals surface area contributed by atoms with E-state index in [1.165, 1.54) is 12.1 Å². The van der Waals surface area contributed by atoms with Gasteiger partial charge in [0.05, 0.1) is 0 Å². The first-order chi connectivity index (χ1) is 9.10. The van der Waals surface area contributed by atoms with E-state index in [-0.39, 0.29) is 11.1 Å². The topological polar surface area (TPSA) is 53.9 Å². The first-order valence-corrected chi connectivity index (χ1v) is 6.12. The summed E-state index contributed by atoms with van der Waals surface area (Å²) in [6, 6.07) is 6.03. The first-order valence-electron chi connectivity index (χ1n) is 5.75. The molecule has 2 rings (SSSR count). The van der Waals surface area contributed by atoms with Crippen LogP contribution in [0.3, 0.4) is 0 Å². The molecule has 100 valence electrons. The van der Waals surface area contributed by atoms with Gasteiger partial charge in [0.15, 0.2) is 0 Å². The molecule has 1 aromatic heterocycles. The Morgan fingerprint density at radius 3 is 2.53 bits per heavy atom. The monoisotopic (exact) mass is 281 g/mol. The number of rotatable bonds is 4. The smallest absolute Gasteiger partial charge is 0.235 e. The van der Waals surface area contributed by atoms with Gasteiger partial charge in [-0.15, -0.1) is 0 Å². The van der Waals surface area contributed by atoms with Crippen molar-refractivity contribution < 1.29 is 4.39 Å². The zero-order valence-electron chi connectivity index (χ0n) is 10.6. The maximum atomic E-state index is 12.9. The standard InChI is InChI=1S/C12H13ClFN5/c1-3-15-11-16-10(13)17-12(18-11)19(2)9-6-4-8(14)5-7-9/h4-7H,3H2,1-2H3,(H,15,16,17,18). The largest absolute Gasteiger partial charge is 0.354 e. The van der Waals surface area contributed by atoms with Gasteiger partial charge in [0, 0.05) is 19.3 Å².